The molecule has 0 saturated carbocycles. The van der Waals surface area contributed by atoms with Crippen molar-refractivity contribution in [1.29, 1.82) is 0 Å². The smallest absolute Gasteiger partial charge is 0.418 e. The maximum Gasteiger partial charge on any atom is 0.673 e. The quantitative estimate of drug-likeness (QED) is 0.211. The molecule has 1 aromatic carbocycles. The van der Waals surface area contributed by atoms with Crippen LogP contribution in [0, 0.1) is 29.1 Å². The minimum absolute atomic E-state index is 0.527. The van der Waals surface area contributed by atoms with Gasteiger partial charge in [-0.2, -0.15) is 0 Å². The molecule has 0 spiro atoms. The van der Waals surface area contributed by atoms with E-state index in [0.29, 0.717) is 18.8 Å². The lowest BCUT2D eigenvalue weighted by Crippen LogP contribution is -2.91. The van der Waals surface area contributed by atoms with E-state index in [0.717, 1.165) is 11.8 Å². The van der Waals surface area contributed by atoms with Crippen LogP contribution < -0.4 is 10.9 Å². The highest BCUT2D eigenvalue weighted by Gasteiger charge is 2.27. The third kappa shape index (κ3) is 5.65. The summed E-state index contributed by atoms with van der Waals surface area (Å²) in [6.07, 6.45) is 1.40. The zero-order valence-electron chi connectivity index (χ0n) is 11.1. The number of halogens is 9. The third-order valence-corrected chi connectivity index (χ3v) is 2.50. The average molecular weight is 353 g/mol. The number of quaternary nitrogens is 1. The Bertz CT molecular complexity index is 567. The van der Waals surface area contributed by atoms with E-state index in [1.165, 1.54) is 0 Å². The minimum Gasteiger partial charge on any atom is -0.418 e. The predicted octanol–water partition coefficient (Wildman–Crippen LogP) is 2.76. The Labute approximate surface area is 123 Å². The number of nitrogens with one attached hydrogen (secondary N) is 1. The second-order valence-electron chi connectivity index (χ2n) is 4.21. The van der Waals surface area contributed by atoms with Crippen molar-refractivity contribution in [3.63, 3.8) is 0 Å². The minimum atomic E-state index is -6.00. The Morgan fingerprint density at radius 1 is 0.826 bits per heavy atom. The van der Waals surface area contributed by atoms with Gasteiger partial charge in [-0.1, -0.05) is 0 Å². The number of nitrogen functional groups attached to an aromatic ring is 1. The van der Waals surface area contributed by atoms with Gasteiger partial charge in [0.25, 0.3) is 0 Å². The summed E-state index contributed by atoms with van der Waals surface area (Å²) in [7, 11) is -6.00. The first kappa shape index (κ1) is 19.1. The van der Waals surface area contributed by atoms with Crippen LogP contribution >= 0.6 is 0 Å². The summed E-state index contributed by atoms with van der Waals surface area (Å²) in [6.45, 7) is 0.588. The molecule has 0 radical (unpaired) electrons. The van der Waals surface area contributed by atoms with Crippen molar-refractivity contribution in [2.24, 2.45) is 4.99 Å². The van der Waals surface area contributed by atoms with Gasteiger partial charge in [-0.05, 0) is 6.42 Å². The number of amidine groups is 1. The zero-order chi connectivity index (χ0) is 17.8. The first-order chi connectivity index (χ1) is 10.5. The van der Waals surface area contributed by atoms with Gasteiger partial charge in [0.2, 0.25) is 11.7 Å². The highest BCUT2D eigenvalue weighted by Crippen LogP contribution is 2.25. The Morgan fingerprint density at radius 3 is 1.65 bits per heavy atom. The summed E-state index contributed by atoms with van der Waals surface area (Å²) in [4.78, 5) is 3.96. The van der Waals surface area contributed by atoms with Crippen LogP contribution in [0.5, 0.6) is 0 Å². The molecule has 1 aliphatic heterocycles. The topological polar surface area (TPSA) is 41.0 Å². The van der Waals surface area contributed by atoms with Crippen LogP contribution in [0.2, 0.25) is 0 Å². The lowest BCUT2D eigenvalue weighted by Gasteiger charge is -2.08. The fraction of sp³-hybridized carbons (Fsp3) is 0.300. The van der Waals surface area contributed by atoms with Crippen molar-refractivity contribution >= 4 is 18.8 Å². The normalized spacial score (nSPS) is 14.2. The molecule has 1 aliphatic rings. The van der Waals surface area contributed by atoms with Crippen molar-refractivity contribution in [1.82, 2.24) is 0 Å². The zero-order valence-corrected chi connectivity index (χ0v) is 11.1. The maximum atomic E-state index is 13.2. The Morgan fingerprint density at radius 2 is 1.26 bits per heavy atom. The fourth-order valence-corrected chi connectivity index (χ4v) is 1.57. The number of hydrogen-bond donors (Lipinski definition) is 2. The van der Waals surface area contributed by atoms with Gasteiger partial charge in [-0.3, -0.25) is 0 Å². The molecule has 3 nitrogen and oxygen atoms in total. The van der Waals surface area contributed by atoms with Crippen LogP contribution in [0.15, 0.2) is 4.99 Å². The van der Waals surface area contributed by atoms with Crippen LogP contribution in [0.1, 0.15) is 12.8 Å². The van der Waals surface area contributed by atoms with Gasteiger partial charge < -0.3 is 17.3 Å². The van der Waals surface area contributed by atoms with E-state index in [4.69, 9.17) is 0 Å². The molecule has 2 rings (SSSR count). The van der Waals surface area contributed by atoms with E-state index < -0.39 is 42.0 Å². The van der Waals surface area contributed by atoms with Crippen molar-refractivity contribution in [3.8, 4) is 0 Å². The van der Waals surface area contributed by atoms with E-state index in [1.807, 2.05) is 0 Å². The van der Waals surface area contributed by atoms with E-state index in [9.17, 15) is 39.2 Å². The fourth-order valence-electron chi connectivity index (χ4n) is 1.57. The van der Waals surface area contributed by atoms with Crippen LogP contribution in [0.3, 0.4) is 0 Å². The predicted molar refractivity (Wildman–Crippen MR) is 63.5 cm³/mol. The highest BCUT2D eigenvalue weighted by atomic mass is 19.5. The SMILES string of the molecule is F[B-](F)(F)F.Fc1c(F)c(F)c(N[NH2+]C2=NCCC2)c(F)c1F. The summed E-state index contributed by atoms with van der Waals surface area (Å²) in [5.74, 6) is -9.37. The van der Waals surface area contributed by atoms with E-state index in [2.05, 4.69) is 10.4 Å². The Balaban J connectivity index is 0.000000463. The van der Waals surface area contributed by atoms with E-state index in [1.54, 1.807) is 0 Å². The second kappa shape index (κ2) is 7.57. The first-order valence-corrected chi connectivity index (χ1v) is 6.04. The summed E-state index contributed by atoms with van der Waals surface area (Å²) < 4.78 is 104. The summed E-state index contributed by atoms with van der Waals surface area (Å²) in [5, 5.41) is 0. The van der Waals surface area contributed by atoms with Gasteiger partial charge in [0.15, 0.2) is 29.0 Å². The molecule has 0 aromatic heterocycles. The second-order valence-corrected chi connectivity index (χ2v) is 4.21. The van der Waals surface area contributed by atoms with Crippen molar-refractivity contribution < 1.29 is 44.6 Å². The lowest BCUT2D eigenvalue weighted by molar-refractivity contribution is -0.507. The van der Waals surface area contributed by atoms with Gasteiger partial charge in [0.05, 0.1) is 0 Å². The molecule has 3 N–H and O–H groups in total. The summed E-state index contributed by atoms with van der Waals surface area (Å²) in [5.41, 5.74) is 2.16. The molecule has 1 heterocycles. The molecule has 0 atom stereocenters. The molecule has 1 aromatic rings. The summed E-state index contributed by atoms with van der Waals surface area (Å²) >= 11 is 0. The molecule has 0 unspecified atom stereocenters. The molecule has 23 heavy (non-hydrogen) atoms. The number of benzene rings is 1. The monoisotopic (exact) mass is 353 g/mol. The number of anilines is 1. The van der Waals surface area contributed by atoms with Crippen molar-refractivity contribution in [3.05, 3.63) is 29.1 Å². The number of nitrogens with two attached hydrogens (primary N) is 1. The maximum absolute atomic E-state index is 13.2. The lowest BCUT2D eigenvalue weighted by atomic mass is 10.2. The Hall–Kier alpha value is -1.92. The van der Waals surface area contributed by atoms with Gasteiger partial charge >= 0.3 is 7.25 Å². The molecule has 0 saturated heterocycles. The Kier molecular flexibility index (Phi) is 6.30. The van der Waals surface area contributed by atoms with Crippen LogP contribution in [-0.2, 0) is 0 Å². The molecular weight excluding hydrogens is 344 g/mol. The first-order valence-electron chi connectivity index (χ1n) is 6.04. The molecule has 0 fully saturated rings. The van der Waals surface area contributed by atoms with Crippen LogP contribution in [-0.4, -0.2) is 19.6 Å². The molecule has 130 valence electrons. The van der Waals surface area contributed by atoms with Crippen LogP contribution in [0.25, 0.3) is 0 Å². The van der Waals surface area contributed by atoms with E-state index >= 15 is 0 Å². The van der Waals surface area contributed by atoms with Gasteiger partial charge in [0.1, 0.15) is 0 Å². The number of nitrogens with zero attached hydrogens (tertiary/aromatic N) is 1. The largest absolute Gasteiger partial charge is 0.673 e. The van der Waals surface area contributed by atoms with Gasteiger partial charge in [-0.25, -0.2) is 37.8 Å². The van der Waals surface area contributed by atoms with E-state index in [-0.39, 0.29) is 0 Å². The molecular formula is C10H9BF9N3. The highest BCUT2D eigenvalue weighted by molar-refractivity contribution is 6.50. The number of hydrogen-bond acceptors (Lipinski definition) is 2. The third-order valence-electron chi connectivity index (χ3n) is 2.50. The standard InChI is InChI=1S/C10H8F5N3.BF4/c11-5-6(12)8(14)10(9(15)7(5)13)18-17-4-2-1-3-16-4;2-1(3,4)5/h18H,1-3H2,(H,16,17);/q;-1/p+1. The molecule has 0 bridgehead atoms. The van der Waals surface area contributed by atoms with Crippen molar-refractivity contribution in [2.45, 2.75) is 12.8 Å². The number of aliphatic imine (C=N–C) groups is 1. The molecule has 0 amide bonds. The molecule has 13 heteroatoms. The average Bonchev–Trinajstić information content (AvgIpc) is 2.94. The number of rotatable bonds is 2. The van der Waals surface area contributed by atoms with Crippen molar-refractivity contribution in [2.75, 3.05) is 12.0 Å². The molecule has 0 aliphatic carbocycles. The van der Waals surface area contributed by atoms with Gasteiger partial charge in [-0.15, -0.1) is 0 Å². The van der Waals surface area contributed by atoms with Gasteiger partial charge in [0, 0.05) is 13.0 Å². The van der Waals surface area contributed by atoms with Crippen LogP contribution in [0.4, 0.5) is 44.9 Å². The summed E-state index contributed by atoms with van der Waals surface area (Å²) in [6, 6.07) is 0.